The van der Waals surface area contributed by atoms with Crippen LogP contribution in [0.15, 0.2) is 24.0 Å². The summed E-state index contributed by atoms with van der Waals surface area (Å²) in [5.74, 6) is 0.978. The topological polar surface area (TPSA) is 36.9 Å². The van der Waals surface area contributed by atoms with Crippen LogP contribution in [0.25, 0.3) is 0 Å². The Bertz CT molecular complexity index is 279. The molecule has 0 atom stereocenters. The molecule has 0 amide bonds. The van der Waals surface area contributed by atoms with E-state index in [4.69, 9.17) is 18.3 Å². The first-order chi connectivity index (χ1) is 8.07. The molecule has 0 saturated carbocycles. The molecule has 0 saturated heterocycles. The molecule has 0 aromatic rings. The maximum atomic E-state index is 5.75. The van der Waals surface area contributed by atoms with Gasteiger partial charge in [0, 0.05) is 12.2 Å². The van der Waals surface area contributed by atoms with Crippen molar-refractivity contribution in [2.45, 2.75) is 39.3 Å². The molecule has 4 nitrogen and oxygen atoms in total. The number of methoxy groups -OCH3 is 2. The summed E-state index contributed by atoms with van der Waals surface area (Å²) < 4.78 is 21.9. The van der Waals surface area contributed by atoms with E-state index < -0.39 is 16.6 Å². The molecule has 0 aliphatic carbocycles. The zero-order valence-electron chi connectivity index (χ0n) is 12.8. The van der Waals surface area contributed by atoms with Gasteiger partial charge < -0.3 is 18.3 Å². The highest BCUT2D eigenvalue weighted by Crippen LogP contribution is 2.14. The number of rotatable bonds is 7. The van der Waals surface area contributed by atoms with Crippen LogP contribution in [0.4, 0.5) is 0 Å². The van der Waals surface area contributed by atoms with Crippen molar-refractivity contribution in [3.63, 3.8) is 0 Å². The van der Waals surface area contributed by atoms with Crippen LogP contribution in [0.5, 0.6) is 0 Å². The highest BCUT2D eigenvalue weighted by atomic mass is 28.4. The molecule has 0 spiro atoms. The van der Waals surface area contributed by atoms with Gasteiger partial charge >= 0.3 is 0 Å². The lowest BCUT2D eigenvalue weighted by molar-refractivity contribution is 0.140. The van der Waals surface area contributed by atoms with Crippen molar-refractivity contribution in [2.75, 3.05) is 14.2 Å². The summed E-state index contributed by atoms with van der Waals surface area (Å²) in [4.78, 5) is 0. The van der Waals surface area contributed by atoms with Crippen molar-refractivity contribution in [1.29, 1.82) is 0 Å². The van der Waals surface area contributed by atoms with Gasteiger partial charge in [-0.3, -0.25) is 0 Å². The van der Waals surface area contributed by atoms with E-state index in [0.29, 0.717) is 11.9 Å². The van der Waals surface area contributed by atoms with E-state index in [2.05, 4.69) is 39.3 Å². The molecule has 106 valence electrons. The molecule has 0 aromatic carbocycles. The second-order valence-corrected chi connectivity index (χ2v) is 14.7. The SMILES string of the molecule is CO/C(=C\C=C(/OC)O[Si](C)(C)C)O[Si](C)(C)C. The maximum absolute atomic E-state index is 5.75. The second kappa shape index (κ2) is 6.89. The summed E-state index contributed by atoms with van der Waals surface area (Å²) in [5.41, 5.74) is 0. The van der Waals surface area contributed by atoms with Crippen LogP contribution < -0.4 is 0 Å². The monoisotopic (exact) mass is 290 g/mol. The van der Waals surface area contributed by atoms with Crippen LogP contribution in [0, 0.1) is 0 Å². The minimum absolute atomic E-state index is 0.489. The average Bonchev–Trinajstić information content (AvgIpc) is 2.18. The van der Waals surface area contributed by atoms with Gasteiger partial charge in [-0.15, -0.1) is 0 Å². The van der Waals surface area contributed by atoms with Crippen LogP contribution in [0.2, 0.25) is 39.3 Å². The Kier molecular flexibility index (Phi) is 6.55. The van der Waals surface area contributed by atoms with E-state index >= 15 is 0 Å². The molecule has 6 heteroatoms. The Morgan fingerprint density at radius 3 is 1.11 bits per heavy atom. The predicted octanol–water partition coefficient (Wildman–Crippen LogP) is 3.67. The molecule has 0 aliphatic rings. The number of allylic oxidation sites excluding steroid dienone is 2. The summed E-state index contributed by atoms with van der Waals surface area (Å²) in [6.07, 6.45) is 3.47. The zero-order valence-corrected chi connectivity index (χ0v) is 14.8. The molecule has 0 heterocycles. The van der Waals surface area contributed by atoms with Gasteiger partial charge in [0.2, 0.25) is 16.6 Å². The molecule has 0 N–H and O–H groups in total. The molecule has 0 fully saturated rings. The third-order valence-electron chi connectivity index (χ3n) is 1.57. The molecule has 0 rings (SSSR count). The van der Waals surface area contributed by atoms with Crippen molar-refractivity contribution >= 4 is 16.6 Å². The van der Waals surface area contributed by atoms with Crippen LogP contribution in [0.1, 0.15) is 0 Å². The lowest BCUT2D eigenvalue weighted by Gasteiger charge is -2.21. The van der Waals surface area contributed by atoms with Crippen molar-refractivity contribution in [2.24, 2.45) is 0 Å². The van der Waals surface area contributed by atoms with Crippen LogP contribution >= 0.6 is 0 Å². The average molecular weight is 291 g/mol. The first kappa shape index (κ1) is 17.1. The quantitative estimate of drug-likeness (QED) is 0.407. The highest BCUT2D eigenvalue weighted by molar-refractivity contribution is 6.70. The van der Waals surface area contributed by atoms with E-state index in [9.17, 15) is 0 Å². The minimum Gasteiger partial charge on any atom is -0.520 e. The summed E-state index contributed by atoms with van der Waals surface area (Å²) >= 11 is 0. The number of ether oxygens (including phenoxy) is 2. The second-order valence-electron chi connectivity index (χ2n) is 5.81. The van der Waals surface area contributed by atoms with Crippen LogP contribution in [0.3, 0.4) is 0 Å². The fraction of sp³-hybridized carbons (Fsp3) is 0.667. The summed E-state index contributed by atoms with van der Waals surface area (Å²) in [7, 11) is -0.154. The molecular formula is C12H26O4Si2. The van der Waals surface area contributed by atoms with Crippen LogP contribution in [-0.4, -0.2) is 30.9 Å². The summed E-state index contributed by atoms with van der Waals surface area (Å²) in [6, 6.07) is 0. The van der Waals surface area contributed by atoms with Crippen molar-refractivity contribution in [3.05, 3.63) is 24.0 Å². The van der Waals surface area contributed by atoms with Crippen LogP contribution in [-0.2, 0) is 18.3 Å². The molecule has 0 radical (unpaired) electrons. The Morgan fingerprint density at radius 2 is 0.944 bits per heavy atom. The van der Waals surface area contributed by atoms with Crippen molar-refractivity contribution in [1.82, 2.24) is 0 Å². The van der Waals surface area contributed by atoms with E-state index in [0.717, 1.165) is 0 Å². The Hall–Kier alpha value is -0.886. The smallest absolute Gasteiger partial charge is 0.265 e. The van der Waals surface area contributed by atoms with Gasteiger partial charge in [0.05, 0.1) is 14.2 Å². The standard InChI is InChI=1S/C12H26O4Si2/c1-13-11(15-17(3,4)5)9-10-12(14-2)16-18(6,7)8/h9-10H,1-8H3/b11-9+,12-10+. The van der Waals surface area contributed by atoms with Gasteiger partial charge in [0.25, 0.3) is 11.9 Å². The zero-order chi connectivity index (χ0) is 14.4. The molecule has 0 aromatic heterocycles. The molecular weight excluding hydrogens is 264 g/mol. The van der Waals surface area contributed by atoms with E-state index in [-0.39, 0.29) is 0 Å². The number of hydrogen-bond acceptors (Lipinski definition) is 4. The van der Waals surface area contributed by atoms with E-state index in [1.165, 1.54) is 0 Å². The van der Waals surface area contributed by atoms with Gasteiger partial charge in [0.1, 0.15) is 0 Å². The Morgan fingerprint density at radius 1 is 0.667 bits per heavy atom. The minimum atomic E-state index is -1.67. The van der Waals surface area contributed by atoms with E-state index in [1.807, 2.05) is 0 Å². The summed E-state index contributed by atoms with van der Waals surface area (Å²) in [6.45, 7) is 12.6. The largest absolute Gasteiger partial charge is 0.520 e. The van der Waals surface area contributed by atoms with Gasteiger partial charge in [-0.1, -0.05) is 0 Å². The predicted molar refractivity (Wildman–Crippen MR) is 79.0 cm³/mol. The van der Waals surface area contributed by atoms with E-state index in [1.54, 1.807) is 26.4 Å². The Balaban J connectivity index is 4.79. The normalized spacial score (nSPS) is 14.2. The lowest BCUT2D eigenvalue weighted by atomic mass is 10.5. The van der Waals surface area contributed by atoms with Crippen molar-refractivity contribution < 1.29 is 18.3 Å². The fourth-order valence-electron chi connectivity index (χ4n) is 1.03. The molecule has 18 heavy (non-hydrogen) atoms. The third-order valence-corrected chi connectivity index (χ3v) is 3.20. The van der Waals surface area contributed by atoms with Gasteiger partial charge in [-0.2, -0.15) is 0 Å². The highest BCUT2D eigenvalue weighted by Gasteiger charge is 2.19. The maximum Gasteiger partial charge on any atom is 0.265 e. The van der Waals surface area contributed by atoms with Gasteiger partial charge in [0.15, 0.2) is 0 Å². The third kappa shape index (κ3) is 9.18. The van der Waals surface area contributed by atoms with Crippen molar-refractivity contribution in [3.8, 4) is 0 Å². The molecule has 0 bridgehead atoms. The van der Waals surface area contributed by atoms with Gasteiger partial charge in [-0.25, -0.2) is 0 Å². The summed E-state index contributed by atoms with van der Waals surface area (Å²) in [5, 5.41) is 0. The first-order valence-electron chi connectivity index (χ1n) is 5.95. The number of hydrogen-bond donors (Lipinski definition) is 0. The lowest BCUT2D eigenvalue weighted by Crippen LogP contribution is -2.26. The Labute approximate surface area is 113 Å². The van der Waals surface area contributed by atoms with Gasteiger partial charge in [-0.05, 0) is 39.3 Å². The molecule has 0 aliphatic heterocycles. The fourth-order valence-corrected chi connectivity index (χ4v) is 2.54. The first-order valence-corrected chi connectivity index (χ1v) is 12.8. The molecule has 0 unspecified atom stereocenters.